The molecule has 1 aromatic heterocycles. The summed E-state index contributed by atoms with van der Waals surface area (Å²) in [5.41, 5.74) is 1.30. The van der Waals surface area contributed by atoms with Gasteiger partial charge < -0.3 is 14.8 Å². The van der Waals surface area contributed by atoms with Crippen LogP contribution in [0.4, 0.5) is 4.79 Å². The third-order valence-electron chi connectivity index (χ3n) is 4.41. The first-order valence-corrected chi connectivity index (χ1v) is 12.1. The summed E-state index contributed by atoms with van der Waals surface area (Å²) in [6, 6.07) is 6.64. The number of nitrogens with zero attached hydrogens (tertiary/aromatic N) is 3. The molecule has 30 heavy (non-hydrogen) atoms. The number of benzene rings is 1. The number of nitrogens with one attached hydrogen (secondary N) is 1. The number of sulfone groups is 1. The molecule has 0 unspecified atom stereocenters. The number of carbonyl (C=O) groups is 1. The first kappa shape index (κ1) is 24.2. The van der Waals surface area contributed by atoms with Crippen LogP contribution in [0.3, 0.4) is 0 Å². The van der Waals surface area contributed by atoms with Crippen LogP contribution in [-0.4, -0.2) is 41.5 Å². The first-order chi connectivity index (χ1) is 14.0. The lowest BCUT2D eigenvalue weighted by Crippen LogP contribution is -2.42. The molecule has 0 saturated heterocycles. The molecule has 0 atom stereocenters. The zero-order chi connectivity index (χ0) is 22.5. The topological polar surface area (TPSA) is 84.3 Å². The Bertz CT molecular complexity index is 970. The van der Waals surface area contributed by atoms with Gasteiger partial charge in [0.1, 0.15) is 0 Å². The van der Waals surface area contributed by atoms with E-state index >= 15 is 0 Å². The first-order valence-electron chi connectivity index (χ1n) is 10.1. The Morgan fingerprint density at radius 2 is 1.97 bits per heavy atom. The Morgan fingerprint density at radius 3 is 2.53 bits per heavy atom. The molecule has 0 saturated carbocycles. The van der Waals surface area contributed by atoms with E-state index in [9.17, 15) is 13.2 Å². The van der Waals surface area contributed by atoms with Gasteiger partial charge in [0.05, 0.1) is 24.2 Å². The number of amides is 2. The summed E-state index contributed by atoms with van der Waals surface area (Å²) in [6.45, 7) is 11.0. The molecule has 2 aromatic rings. The molecule has 2 rings (SSSR count). The van der Waals surface area contributed by atoms with Crippen molar-refractivity contribution in [3.8, 4) is 0 Å². The van der Waals surface area contributed by atoms with Gasteiger partial charge in [-0.2, -0.15) is 0 Å². The van der Waals surface area contributed by atoms with Gasteiger partial charge in [0.15, 0.2) is 0 Å². The van der Waals surface area contributed by atoms with Gasteiger partial charge in [0.2, 0.25) is 15.0 Å². The Morgan fingerprint density at radius 1 is 1.27 bits per heavy atom. The van der Waals surface area contributed by atoms with Crippen molar-refractivity contribution in [3.05, 3.63) is 46.7 Å². The fraction of sp³-hybridized carbons (Fsp3) is 0.524. The van der Waals surface area contributed by atoms with Gasteiger partial charge in [-0.05, 0) is 44.4 Å². The number of urea groups is 1. The quantitative estimate of drug-likeness (QED) is 0.618. The molecule has 0 bridgehead atoms. The van der Waals surface area contributed by atoms with Crippen molar-refractivity contribution >= 4 is 27.5 Å². The minimum Gasteiger partial charge on any atom is -0.336 e. The number of hydrogen-bond donors (Lipinski definition) is 1. The second-order valence-electron chi connectivity index (χ2n) is 8.04. The summed E-state index contributed by atoms with van der Waals surface area (Å²) >= 11 is 6.00. The predicted octanol–water partition coefficient (Wildman–Crippen LogP) is 4.11. The lowest BCUT2D eigenvalue weighted by molar-refractivity contribution is 0.194. The van der Waals surface area contributed by atoms with Crippen molar-refractivity contribution in [2.24, 2.45) is 5.92 Å². The highest BCUT2D eigenvalue weighted by molar-refractivity contribution is 7.90. The third-order valence-corrected chi connectivity index (χ3v) is 6.24. The Hall–Kier alpha value is -2.06. The predicted molar refractivity (Wildman–Crippen MR) is 119 cm³/mol. The van der Waals surface area contributed by atoms with E-state index in [4.69, 9.17) is 11.6 Å². The maximum atomic E-state index is 13.1. The number of aromatic nitrogens is 2. The number of halogens is 1. The molecule has 0 aliphatic heterocycles. The van der Waals surface area contributed by atoms with Gasteiger partial charge >= 0.3 is 6.03 Å². The fourth-order valence-corrected chi connectivity index (χ4v) is 4.80. The van der Waals surface area contributed by atoms with Gasteiger partial charge in [0.25, 0.3) is 0 Å². The van der Waals surface area contributed by atoms with Gasteiger partial charge in [-0.25, -0.2) is 18.2 Å². The van der Waals surface area contributed by atoms with Crippen LogP contribution >= 0.6 is 11.6 Å². The van der Waals surface area contributed by atoms with E-state index in [0.29, 0.717) is 29.4 Å². The minimum absolute atomic E-state index is 0.0146. The van der Waals surface area contributed by atoms with Crippen LogP contribution in [0.5, 0.6) is 0 Å². The second-order valence-corrected chi connectivity index (χ2v) is 10.4. The second kappa shape index (κ2) is 10.3. The van der Waals surface area contributed by atoms with E-state index in [0.717, 1.165) is 0 Å². The van der Waals surface area contributed by atoms with Gasteiger partial charge in [0, 0.05) is 24.2 Å². The fourth-order valence-electron chi connectivity index (χ4n) is 3.10. The number of hydrogen-bond acceptors (Lipinski definition) is 4. The molecule has 0 spiro atoms. The summed E-state index contributed by atoms with van der Waals surface area (Å²) in [5, 5.41) is 3.39. The highest BCUT2D eigenvalue weighted by Gasteiger charge is 2.26. The Balaban J connectivity index is 2.37. The van der Waals surface area contributed by atoms with E-state index in [1.165, 1.54) is 0 Å². The van der Waals surface area contributed by atoms with Gasteiger partial charge in [-0.3, -0.25) is 0 Å². The molecular formula is C21H31ClN4O3S. The zero-order valence-electron chi connectivity index (χ0n) is 18.2. The molecule has 166 valence electrons. The van der Waals surface area contributed by atoms with E-state index in [1.807, 2.05) is 34.6 Å². The lowest BCUT2D eigenvalue weighted by Gasteiger charge is -2.24. The van der Waals surface area contributed by atoms with Crippen LogP contribution in [0, 0.1) is 5.92 Å². The van der Waals surface area contributed by atoms with E-state index < -0.39 is 9.84 Å². The van der Waals surface area contributed by atoms with Crippen molar-refractivity contribution in [1.29, 1.82) is 0 Å². The molecule has 0 aliphatic carbocycles. The molecule has 7 nitrogen and oxygen atoms in total. The molecule has 0 radical (unpaired) electrons. The van der Waals surface area contributed by atoms with Crippen molar-refractivity contribution in [2.75, 3.05) is 6.54 Å². The standard InChI is InChI=1S/C21H31ClN4O3S/c1-6-25(20(27)24-16(4)5)13-19-11-23-21(26(19)12-15(2)3)30(28,29)14-17-8-7-9-18(22)10-17/h7-11,15-16H,6,12-14H2,1-5H3,(H,24,27). The number of carbonyl (C=O) groups excluding carboxylic acids is 1. The summed E-state index contributed by atoms with van der Waals surface area (Å²) in [5.74, 6) is 0.0191. The van der Waals surface area contributed by atoms with Crippen LogP contribution < -0.4 is 5.32 Å². The largest absolute Gasteiger partial charge is 0.336 e. The summed E-state index contributed by atoms with van der Waals surface area (Å²) in [6.07, 6.45) is 1.55. The van der Waals surface area contributed by atoms with Crippen LogP contribution in [0.15, 0.2) is 35.6 Å². The Labute approximate surface area is 184 Å². The molecule has 0 fully saturated rings. The van der Waals surface area contributed by atoms with Crippen molar-refractivity contribution in [2.45, 2.75) is 64.7 Å². The van der Waals surface area contributed by atoms with Crippen molar-refractivity contribution in [1.82, 2.24) is 19.8 Å². The molecular weight excluding hydrogens is 424 g/mol. The van der Waals surface area contributed by atoms with E-state index in [2.05, 4.69) is 10.3 Å². The smallest absolute Gasteiger partial charge is 0.317 e. The number of rotatable bonds is 9. The van der Waals surface area contributed by atoms with Crippen LogP contribution in [0.25, 0.3) is 0 Å². The maximum absolute atomic E-state index is 13.1. The molecule has 1 aromatic carbocycles. The van der Waals surface area contributed by atoms with Crippen LogP contribution in [-0.2, 0) is 28.7 Å². The summed E-state index contributed by atoms with van der Waals surface area (Å²) in [7, 11) is -3.69. The van der Waals surface area contributed by atoms with Gasteiger partial charge in [-0.1, -0.05) is 37.6 Å². The summed E-state index contributed by atoms with van der Waals surface area (Å²) < 4.78 is 28.0. The molecule has 9 heteroatoms. The Kier molecular flexibility index (Phi) is 8.32. The van der Waals surface area contributed by atoms with Crippen molar-refractivity contribution < 1.29 is 13.2 Å². The van der Waals surface area contributed by atoms with Crippen LogP contribution in [0.2, 0.25) is 5.02 Å². The van der Waals surface area contributed by atoms with E-state index in [1.54, 1.807) is 39.9 Å². The molecule has 1 N–H and O–H groups in total. The molecule has 0 aliphatic rings. The molecule has 1 heterocycles. The van der Waals surface area contributed by atoms with E-state index in [-0.39, 0.29) is 35.4 Å². The third kappa shape index (κ3) is 6.47. The highest BCUT2D eigenvalue weighted by Crippen LogP contribution is 2.21. The van der Waals surface area contributed by atoms with Crippen LogP contribution in [0.1, 0.15) is 45.9 Å². The van der Waals surface area contributed by atoms with Gasteiger partial charge in [-0.15, -0.1) is 0 Å². The SMILES string of the molecule is CCN(Cc1cnc(S(=O)(=O)Cc2cccc(Cl)c2)n1CC(C)C)C(=O)NC(C)C. The summed E-state index contributed by atoms with van der Waals surface area (Å²) in [4.78, 5) is 18.3. The molecule has 2 amide bonds. The normalized spacial score (nSPS) is 11.9. The minimum atomic E-state index is -3.69. The number of imidazole rings is 1. The van der Waals surface area contributed by atoms with Crippen molar-refractivity contribution in [3.63, 3.8) is 0 Å². The highest BCUT2D eigenvalue weighted by atomic mass is 35.5. The average Bonchev–Trinajstić information content (AvgIpc) is 3.01. The average molecular weight is 455 g/mol. The monoisotopic (exact) mass is 454 g/mol. The lowest BCUT2D eigenvalue weighted by atomic mass is 10.2. The zero-order valence-corrected chi connectivity index (χ0v) is 19.8. The maximum Gasteiger partial charge on any atom is 0.317 e.